The molecule has 0 atom stereocenters. The van der Waals surface area contributed by atoms with Gasteiger partial charge in [0.2, 0.25) is 0 Å². The van der Waals surface area contributed by atoms with Gasteiger partial charge in [-0.1, -0.05) is 24.0 Å². The fourth-order valence-corrected chi connectivity index (χ4v) is 4.92. The summed E-state index contributed by atoms with van der Waals surface area (Å²) in [7, 11) is 0. The average Bonchev–Trinajstić information content (AvgIpc) is 3.40. The zero-order chi connectivity index (χ0) is 23.4. The predicted octanol–water partition coefficient (Wildman–Crippen LogP) is 2.52. The number of thiocarbonyl (C=S) groups is 1. The lowest BCUT2D eigenvalue weighted by Gasteiger charge is -2.33. The number of carbonyl (C=O) groups is 2. The average molecular weight is 508 g/mol. The van der Waals surface area contributed by atoms with Gasteiger partial charge < -0.3 is 9.47 Å². The minimum atomic E-state index is -0.546. The van der Waals surface area contributed by atoms with E-state index in [-0.39, 0.29) is 29.5 Å². The fraction of sp³-hybridized carbons (Fsp3) is 0.263. The van der Waals surface area contributed by atoms with Gasteiger partial charge in [0.1, 0.15) is 5.75 Å². The first-order chi connectivity index (χ1) is 15.9. The Kier molecular flexibility index (Phi) is 7.29. The molecule has 14 heteroatoms. The first-order valence-corrected chi connectivity index (χ1v) is 11.7. The number of non-ortho nitro benzene ring substituents is 1. The molecule has 0 radical (unpaired) electrons. The van der Waals surface area contributed by atoms with Crippen molar-refractivity contribution < 1.29 is 24.0 Å². The summed E-state index contributed by atoms with van der Waals surface area (Å²) in [6, 6.07) is 3.95. The first-order valence-electron chi connectivity index (χ1n) is 9.63. The summed E-state index contributed by atoms with van der Waals surface area (Å²) in [6.07, 6.45) is 3.05. The van der Waals surface area contributed by atoms with Crippen LogP contribution >= 0.6 is 35.3 Å². The van der Waals surface area contributed by atoms with E-state index >= 15 is 0 Å². The molecule has 2 fully saturated rings. The molecule has 2 aliphatic heterocycles. The van der Waals surface area contributed by atoms with E-state index in [0.29, 0.717) is 40.7 Å². The number of anilines is 1. The second-order valence-electron chi connectivity index (χ2n) is 6.71. The number of nitro groups is 1. The highest BCUT2D eigenvalue weighted by molar-refractivity contribution is 8.26. The highest BCUT2D eigenvalue weighted by Crippen LogP contribution is 2.36. The summed E-state index contributed by atoms with van der Waals surface area (Å²) in [4.78, 5) is 40.1. The van der Waals surface area contributed by atoms with Crippen LogP contribution in [0.2, 0.25) is 0 Å². The first kappa shape index (κ1) is 23.3. The molecule has 0 saturated carbocycles. The standard InChI is InChI=1S/C19H17N5O6S3/c25-16(21-18-20-3-8-32-18)11-30-14-2-1-13(24(27)28)9-12(14)10-15-17(26)23(19(31)33-15)22-4-6-29-7-5-22/h1-3,8-10H,4-7,11H2,(H,20,21,25)/b15-10-. The lowest BCUT2D eigenvalue weighted by molar-refractivity contribution is -0.384. The molecule has 0 bridgehead atoms. The number of benzene rings is 1. The van der Waals surface area contributed by atoms with Gasteiger partial charge >= 0.3 is 0 Å². The molecule has 4 rings (SSSR count). The Morgan fingerprint density at radius 2 is 2.18 bits per heavy atom. The Bertz CT molecular complexity index is 1120. The predicted molar refractivity (Wildman–Crippen MR) is 127 cm³/mol. The maximum Gasteiger partial charge on any atom is 0.280 e. The zero-order valence-corrected chi connectivity index (χ0v) is 19.4. The summed E-state index contributed by atoms with van der Waals surface area (Å²) in [5.74, 6) is -0.551. The van der Waals surface area contributed by atoms with Gasteiger partial charge in [0, 0.05) is 42.4 Å². The lowest BCUT2D eigenvalue weighted by Crippen LogP contribution is -2.50. The summed E-state index contributed by atoms with van der Waals surface area (Å²) < 4.78 is 11.3. The van der Waals surface area contributed by atoms with E-state index in [9.17, 15) is 19.7 Å². The maximum absolute atomic E-state index is 13.0. The summed E-state index contributed by atoms with van der Waals surface area (Å²) in [6.45, 7) is 1.69. The number of aromatic nitrogens is 1. The Labute approximate surface area is 201 Å². The number of thiazole rings is 1. The molecule has 0 unspecified atom stereocenters. The molecule has 11 nitrogen and oxygen atoms in total. The van der Waals surface area contributed by atoms with Crippen LogP contribution in [0.15, 0.2) is 34.7 Å². The molecular formula is C19H17N5O6S3. The van der Waals surface area contributed by atoms with Gasteiger partial charge in [-0.15, -0.1) is 11.3 Å². The lowest BCUT2D eigenvalue weighted by atomic mass is 10.1. The third-order valence-electron chi connectivity index (χ3n) is 4.57. The Hall–Kier alpha value is -2.91. The Morgan fingerprint density at radius 1 is 1.39 bits per heavy atom. The van der Waals surface area contributed by atoms with Crippen LogP contribution in [0, 0.1) is 10.1 Å². The van der Waals surface area contributed by atoms with Crippen molar-refractivity contribution in [2.75, 3.05) is 38.2 Å². The van der Waals surface area contributed by atoms with Gasteiger partial charge in [-0.25, -0.2) is 15.0 Å². The Balaban J connectivity index is 1.55. The van der Waals surface area contributed by atoms with E-state index in [2.05, 4.69) is 10.3 Å². The van der Waals surface area contributed by atoms with Crippen LogP contribution < -0.4 is 10.1 Å². The van der Waals surface area contributed by atoms with Crippen LogP contribution in [-0.2, 0) is 14.3 Å². The van der Waals surface area contributed by atoms with Crippen molar-refractivity contribution in [1.82, 2.24) is 15.0 Å². The second kappa shape index (κ2) is 10.4. The minimum absolute atomic E-state index is 0.176. The maximum atomic E-state index is 13.0. The van der Waals surface area contributed by atoms with Gasteiger partial charge in [0.25, 0.3) is 17.5 Å². The van der Waals surface area contributed by atoms with Gasteiger partial charge in [0.15, 0.2) is 16.1 Å². The van der Waals surface area contributed by atoms with Crippen LogP contribution in [0.3, 0.4) is 0 Å². The molecule has 1 aromatic carbocycles. The van der Waals surface area contributed by atoms with Crippen molar-refractivity contribution in [1.29, 1.82) is 0 Å². The molecule has 2 aromatic rings. The molecule has 0 aliphatic carbocycles. The smallest absolute Gasteiger partial charge is 0.280 e. The highest BCUT2D eigenvalue weighted by atomic mass is 32.2. The van der Waals surface area contributed by atoms with E-state index in [0.717, 1.165) is 11.8 Å². The molecule has 172 valence electrons. The van der Waals surface area contributed by atoms with Crippen LogP contribution in [0.5, 0.6) is 5.75 Å². The monoisotopic (exact) mass is 507 g/mol. The summed E-state index contributed by atoms with van der Waals surface area (Å²) in [5.41, 5.74) is 0.109. The van der Waals surface area contributed by atoms with Gasteiger partial charge in [-0.2, -0.15) is 0 Å². The quantitative estimate of drug-likeness (QED) is 0.258. The van der Waals surface area contributed by atoms with Crippen molar-refractivity contribution in [2.24, 2.45) is 0 Å². The van der Waals surface area contributed by atoms with E-state index in [1.807, 2.05) is 5.01 Å². The van der Waals surface area contributed by atoms with Crippen molar-refractivity contribution >= 4 is 68.3 Å². The number of hydrazine groups is 1. The van der Waals surface area contributed by atoms with E-state index < -0.39 is 10.8 Å². The molecule has 33 heavy (non-hydrogen) atoms. The molecule has 0 spiro atoms. The number of hydrogen-bond donors (Lipinski definition) is 1. The number of ether oxygens (including phenoxy) is 2. The number of nitrogens with one attached hydrogen (secondary N) is 1. The van der Waals surface area contributed by atoms with E-state index in [1.54, 1.807) is 11.6 Å². The molecule has 2 aliphatic rings. The molecular weight excluding hydrogens is 490 g/mol. The third kappa shape index (κ3) is 5.54. The van der Waals surface area contributed by atoms with E-state index in [1.165, 1.54) is 40.6 Å². The molecule has 2 amide bonds. The van der Waals surface area contributed by atoms with Crippen molar-refractivity contribution in [3.63, 3.8) is 0 Å². The van der Waals surface area contributed by atoms with Gasteiger partial charge in [0.05, 0.1) is 23.0 Å². The molecule has 2 saturated heterocycles. The largest absolute Gasteiger partial charge is 0.483 e. The van der Waals surface area contributed by atoms with E-state index in [4.69, 9.17) is 21.7 Å². The van der Waals surface area contributed by atoms with Crippen LogP contribution in [0.1, 0.15) is 5.56 Å². The molecule has 1 N–H and O–H groups in total. The van der Waals surface area contributed by atoms with Gasteiger partial charge in [-0.05, 0) is 12.1 Å². The number of hydrogen-bond acceptors (Lipinski definition) is 11. The van der Waals surface area contributed by atoms with Crippen molar-refractivity contribution in [2.45, 2.75) is 0 Å². The topological polar surface area (TPSA) is 127 Å². The molecule has 3 heterocycles. The minimum Gasteiger partial charge on any atom is -0.483 e. The number of nitro benzene ring substituents is 1. The second-order valence-corrected chi connectivity index (χ2v) is 9.28. The number of rotatable bonds is 7. The number of thioether (sulfide) groups is 1. The number of carbonyl (C=O) groups excluding carboxylic acids is 2. The van der Waals surface area contributed by atoms with Crippen molar-refractivity contribution in [3.8, 4) is 5.75 Å². The van der Waals surface area contributed by atoms with Gasteiger partial charge in [-0.3, -0.25) is 25.0 Å². The Morgan fingerprint density at radius 3 is 2.88 bits per heavy atom. The summed E-state index contributed by atoms with van der Waals surface area (Å²) in [5, 5.41) is 19.3. The van der Waals surface area contributed by atoms with Crippen LogP contribution in [0.25, 0.3) is 6.08 Å². The number of morpholine rings is 1. The van der Waals surface area contributed by atoms with Crippen molar-refractivity contribution in [3.05, 3.63) is 50.4 Å². The SMILES string of the molecule is O=C(COc1ccc([N+](=O)[O-])cc1/C=C1\SC(=S)N(N2CCOCC2)C1=O)Nc1nccs1. The zero-order valence-electron chi connectivity index (χ0n) is 17.0. The third-order valence-corrected chi connectivity index (χ3v) is 6.54. The summed E-state index contributed by atoms with van der Waals surface area (Å²) >= 11 is 7.74. The number of amides is 2. The van der Waals surface area contributed by atoms with Crippen LogP contribution in [0.4, 0.5) is 10.8 Å². The number of nitrogens with zero attached hydrogens (tertiary/aromatic N) is 4. The highest BCUT2D eigenvalue weighted by Gasteiger charge is 2.37. The van der Waals surface area contributed by atoms with Crippen LogP contribution in [-0.4, -0.2) is 69.0 Å². The molecule has 1 aromatic heterocycles. The fourth-order valence-electron chi connectivity index (χ4n) is 3.08. The normalized spacial score (nSPS) is 18.1.